The van der Waals surface area contributed by atoms with Gasteiger partial charge < -0.3 is 15.2 Å². The molecule has 0 aliphatic heterocycles. The molecule has 0 aliphatic rings. The normalized spacial score (nSPS) is 14.7. The van der Waals surface area contributed by atoms with Crippen molar-refractivity contribution in [3.63, 3.8) is 0 Å². The van der Waals surface area contributed by atoms with E-state index in [1.807, 2.05) is 31.2 Å². The van der Waals surface area contributed by atoms with Gasteiger partial charge in [-0.3, -0.25) is 0 Å². The van der Waals surface area contributed by atoms with Gasteiger partial charge in [-0.05, 0) is 31.5 Å². The summed E-state index contributed by atoms with van der Waals surface area (Å²) < 4.78 is 5.16. The number of hydrogen-bond acceptors (Lipinski definition) is 3. The number of nitrogens with one attached hydrogen (secondary N) is 1. The molecule has 0 aliphatic carbocycles. The summed E-state index contributed by atoms with van der Waals surface area (Å²) in [6, 6.07) is 8.25. The van der Waals surface area contributed by atoms with Crippen molar-refractivity contribution in [2.45, 2.75) is 25.9 Å². The first-order chi connectivity index (χ1) is 7.17. The van der Waals surface area contributed by atoms with Crippen LogP contribution in [0.4, 0.5) is 0 Å². The van der Waals surface area contributed by atoms with E-state index in [0.29, 0.717) is 0 Å². The van der Waals surface area contributed by atoms with Crippen LogP contribution in [-0.2, 0) is 0 Å². The molecular weight excluding hydrogens is 190 g/mol. The molecule has 0 unspecified atom stereocenters. The second-order valence-electron chi connectivity index (χ2n) is 3.75. The van der Waals surface area contributed by atoms with Crippen LogP contribution in [0.5, 0.6) is 5.75 Å². The van der Waals surface area contributed by atoms with Gasteiger partial charge in [0.15, 0.2) is 0 Å². The summed E-state index contributed by atoms with van der Waals surface area (Å²) in [5.74, 6) is 0.859. The van der Waals surface area contributed by atoms with Gasteiger partial charge in [-0.1, -0.05) is 12.1 Å². The fourth-order valence-corrected chi connectivity index (χ4v) is 1.49. The Bertz CT molecular complexity index is 301. The second-order valence-corrected chi connectivity index (χ2v) is 3.75. The molecule has 3 nitrogen and oxygen atoms in total. The van der Waals surface area contributed by atoms with E-state index in [1.165, 1.54) is 0 Å². The number of aliphatic hydroxyl groups excluding tert-OH is 1. The number of ether oxygens (including phenoxy) is 1. The predicted molar refractivity (Wildman–Crippen MR) is 61.1 cm³/mol. The van der Waals surface area contributed by atoms with Gasteiger partial charge in [-0.25, -0.2) is 0 Å². The Hall–Kier alpha value is -1.06. The molecular formula is C12H19NO2. The Labute approximate surface area is 91.1 Å². The van der Waals surface area contributed by atoms with Crippen LogP contribution in [0.25, 0.3) is 0 Å². The van der Waals surface area contributed by atoms with Gasteiger partial charge in [-0.15, -0.1) is 0 Å². The summed E-state index contributed by atoms with van der Waals surface area (Å²) in [4.78, 5) is 0. The Kier molecular flexibility index (Phi) is 4.59. The largest absolute Gasteiger partial charge is 0.497 e. The van der Waals surface area contributed by atoms with E-state index < -0.39 is 0 Å². The van der Waals surface area contributed by atoms with E-state index in [0.717, 1.165) is 11.3 Å². The first-order valence-corrected chi connectivity index (χ1v) is 5.18. The maximum atomic E-state index is 8.94. The van der Waals surface area contributed by atoms with Gasteiger partial charge in [-0.2, -0.15) is 0 Å². The van der Waals surface area contributed by atoms with Crippen molar-refractivity contribution in [2.75, 3.05) is 13.7 Å². The summed E-state index contributed by atoms with van der Waals surface area (Å²) in [5, 5.41) is 12.2. The molecule has 1 rings (SSSR count). The minimum atomic E-state index is 0.103. The predicted octanol–water partition coefficient (Wildman–Crippen LogP) is 1.73. The fourth-order valence-electron chi connectivity index (χ4n) is 1.49. The molecule has 0 saturated heterocycles. The first-order valence-electron chi connectivity index (χ1n) is 5.18. The molecule has 1 aromatic carbocycles. The highest BCUT2D eigenvalue weighted by molar-refractivity contribution is 5.30. The van der Waals surface area contributed by atoms with Crippen molar-refractivity contribution in [1.29, 1.82) is 0 Å². The molecule has 0 heterocycles. The van der Waals surface area contributed by atoms with Gasteiger partial charge in [0.2, 0.25) is 0 Å². The van der Waals surface area contributed by atoms with Crippen LogP contribution in [0.15, 0.2) is 24.3 Å². The standard InChI is InChI=1S/C12H19NO2/c1-9(8-14)13-10(2)11-5-4-6-12(7-11)15-3/h4-7,9-10,13-14H,8H2,1-3H3/t9-,10+/m1/s1. The summed E-state index contributed by atoms with van der Waals surface area (Å²) >= 11 is 0. The number of hydrogen-bond donors (Lipinski definition) is 2. The third kappa shape index (κ3) is 3.53. The minimum absolute atomic E-state index is 0.103. The van der Waals surface area contributed by atoms with Crippen molar-refractivity contribution in [2.24, 2.45) is 0 Å². The molecule has 1 aromatic rings. The maximum absolute atomic E-state index is 8.94. The quantitative estimate of drug-likeness (QED) is 0.776. The molecule has 0 fully saturated rings. The van der Waals surface area contributed by atoms with E-state index >= 15 is 0 Å². The summed E-state index contributed by atoms with van der Waals surface area (Å²) in [6.07, 6.45) is 0. The lowest BCUT2D eigenvalue weighted by molar-refractivity contribution is 0.243. The van der Waals surface area contributed by atoms with E-state index in [1.54, 1.807) is 7.11 Å². The van der Waals surface area contributed by atoms with Crippen molar-refractivity contribution in [3.05, 3.63) is 29.8 Å². The lowest BCUT2D eigenvalue weighted by atomic mass is 10.1. The van der Waals surface area contributed by atoms with E-state index in [9.17, 15) is 0 Å². The third-order valence-corrected chi connectivity index (χ3v) is 2.40. The lowest BCUT2D eigenvalue weighted by Crippen LogP contribution is -2.31. The van der Waals surface area contributed by atoms with Crippen LogP contribution >= 0.6 is 0 Å². The molecule has 2 N–H and O–H groups in total. The molecule has 0 spiro atoms. The minimum Gasteiger partial charge on any atom is -0.497 e. The number of rotatable bonds is 5. The average Bonchev–Trinajstić information content (AvgIpc) is 2.28. The molecule has 15 heavy (non-hydrogen) atoms. The zero-order valence-corrected chi connectivity index (χ0v) is 9.53. The average molecular weight is 209 g/mol. The van der Waals surface area contributed by atoms with Crippen LogP contribution in [-0.4, -0.2) is 24.9 Å². The molecule has 0 saturated carbocycles. The van der Waals surface area contributed by atoms with Gasteiger partial charge in [0.05, 0.1) is 13.7 Å². The fraction of sp³-hybridized carbons (Fsp3) is 0.500. The SMILES string of the molecule is COc1cccc([C@H](C)N[C@H](C)CO)c1. The summed E-state index contributed by atoms with van der Waals surface area (Å²) in [6.45, 7) is 4.17. The molecule has 84 valence electrons. The Morgan fingerprint density at radius 2 is 2.13 bits per heavy atom. The molecule has 0 amide bonds. The number of benzene rings is 1. The van der Waals surface area contributed by atoms with Gasteiger partial charge >= 0.3 is 0 Å². The molecule has 0 bridgehead atoms. The zero-order valence-electron chi connectivity index (χ0n) is 9.53. The highest BCUT2D eigenvalue weighted by atomic mass is 16.5. The Morgan fingerprint density at radius 1 is 1.40 bits per heavy atom. The zero-order chi connectivity index (χ0) is 11.3. The highest BCUT2D eigenvalue weighted by Crippen LogP contribution is 2.18. The molecule has 0 aromatic heterocycles. The van der Waals surface area contributed by atoms with Crippen LogP contribution in [0.3, 0.4) is 0 Å². The van der Waals surface area contributed by atoms with Gasteiger partial charge in [0, 0.05) is 12.1 Å². The smallest absolute Gasteiger partial charge is 0.119 e. The molecule has 2 atom stereocenters. The topological polar surface area (TPSA) is 41.5 Å². The highest BCUT2D eigenvalue weighted by Gasteiger charge is 2.08. The van der Waals surface area contributed by atoms with E-state index in [2.05, 4.69) is 12.2 Å². The Balaban J connectivity index is 2.68. The summed E-state index contributed by atoms with van der Waals surface area (Å²) in [7, 11) is 1.66. The van der Waals surface area contributed by atoms with Crippen LogP contribution in [0.2, 0.25) is 0 Å². The number of methoxy groups -OCH3 is 1. The van der Waals surface area contributed by atoms with Crippen molar-refractivity contribution in [3.8, 4) is 5.75 Å². The monoisotopic (exact) mass is 209 g/mol. The first kappa shape index (κ1) is 12.0. The van der Waals surface area contributed by atoms with Crippen molar-refractivity contribution >= 4 is 0 Å². The van der Waals surface area contributed by atoms with Gasteiger partial charge in [0.1, 0.15) is 5.75 Å². The lowest BCUT2D eigenvalue weighted by Gasteiger charge is -2.19. The molecule has 3 heteroatoms. The molecule has 0 radical (unpaired) electrons. The van der Waals surface area contributed by atoms with Crippen molar-refractivity contribution in [1.82, 2.24) is 5.32 Å². The van der Waals surface area contributed by atoms with Crippen LogP contribution < -0.4 is 10.1 Å². The van der Waals surface area contributed by atoms with Crippen LogP contribution in [0.1, 0.15) is 25.5 Å². The second kappa shape index (κ2) is 5.73. The third-order valence-electron chi connectivity index (χ3n) is 2.40. The van der Waals surface area contributed by atoms with Crippen LogP contribution in [0, 0.1) is 0 Å². The number of aliphatic hydroxyl groups is 1. The van der Waals surface area contributed by atoms with Crippen molar-refractivity contribution < 1.29 is 9.84 Å². The van der Waals surface area contributed by atoms with Gasteiger partial charge in [0.25, 0.3) is 0 Å². The van der Waals surface area contributed by atoms with E-state index in [4.69, 9.17) is 9.84 Å². The maximum Gasteiger partial charge on any atom is 0.119 e. The summed E-state index contributed by atoms with van der Waals surface area (Å²) in [5.41, 5.74) is 1.16. The Morgan fingerprint density at radius 3 is 2.73 bits per heavy atom. The van der Waals surface area contributed by atoms with E-state index in [-0.39, 0.29) is 18.7 Å².